The lowest BCUT2D eigenvalue weighted by Gasteiger charge is -2.09. The van der Waals surface area contributed by atoms with Crippen LogP contribution in [0.15, 0.2) is 36.5 Å². The summed E-state index contributed by atoms with van der Waals surface area (Å²) in [6, 6.07) is 8.28. The minimum Gasteiger partial charge on any atom is -0.478 e. The summed E-state index contributed by atoms with van der Waals surface area (Å²) in [6.45, 7) is 0. The van der Waals surface area contributed by atoms with Crippen LogP contribution in [0.2, 0.25) is 10.0 Å². The number of benzene rings is 2. The van der Waals surface area contributed by atoms with Gasteiger partial charge in [0, 0.05) is 17.1 Å². The standard InChI is InChI=1S/C15H9Cl2N3O2/c16-10-3-1-2-7-6-19-14(20-13(7)10)8-4-5-9(15(21)22)12(18)11(8)17/h1-6H,18H2,(H,21,22). The van der Waals surface area contributed by atoms with E-state index in [0.717, 1.165) is 5.39 Å². The van der Waals surface area contributed by atoms with Gasteiger partial charge in [-0.25, -0.2) is 14.8 Å². The fraction of sp³-hybridized carbons (Fsp3) is 0. The van der Waals surface area contributed by atoms with Crippen LogP contribution in [0.5, 0.6) is 0 Å². The van der Waals surface area contributed by atoms with Crippen LogP contribution in [-0.4, -0.2) is 21.0 Å². The van der Waals surface area contributed by atoms with Crippen molar-refractivity contribution in [2.45, 2.75) is 0 Å². The molecule has 3 rings (SSSR count). The molecule has 22 heavy (non-hydrogen) atoms. The lowest BCUT2D eigenvalue weighted by atomic mass is 10.1. The number of aromatic carboxylic acids is 1. The zero-order chi connectivity index (χ0) is 15.9. The highest BCUT2D eigenvalue weighted by atomic mass is 35.5. The number of hydrogen-bond donors (Lipinski definition) is 2. The van der Waals surface area contributed by atoms with E-state index in [-0.39, 0.29) is 16.3 Å². The van der Waals surface area contributed by atoms with Gasteiger partial charge in [-0.2, -0.15) is 0 Å². The SMILES string of the molecule is Nc1c(C(=O)O)ccc(-c2ncc3cccc(Cl)c3n2)c1Cl. The lowest BCUT2D eigenvalue weighted by molar-refractivity contribution is 0.0698. The number of carboxylic acids is 1. The van der Waals surface area contributed by atoms with Gasteiger partial charge in [-0.05, 0) is 18.2 Å². The van der Waals surface area contributed by atoms with Gasteiger partial charge < -0.3 is 10.8 Å². The molecule has 0 aliphatic rings. The molecule has 3 aromatic rings. The van der Waals surface area contributed by atoms with Crippen LogP contribution < -0.4 is 5.73 Å². The van der Waals surface area contributed by atoms with Gasteiger partial charge in [0.05, 0.1) is 26.8 Å². The third kappa shape index (κ3) is 2.34. The van der Waals surface area contributed by atoms with E-state index < -0.39 is 5.97 Å². The number of carboxylic acid groups (broad SMARTS) is 1. The molecule has 2 aromatic carbocycles. The van der Waals surface area contributed by atoms with Crippen LogP contribution in [0.3, 0.4) is 0 Å². The maximum atomic E-state index is 11.1. The van der Waals surface area contributed by atoms with Crippen molar-refractivity contribution >= 4 is 45.8 Å². The van der Waals surface area contributed by atoms with Gasteiger partial charge in [-0.1, -0.05) is 35.3 Å². The molecule has 0 unspecified atom stereocenters. The minimum absolute atomic E-state index is 0.0190. The first-order chi connectivity index (χ1) is 10.5. The van der Waals surface area contributed by atoms with E-state index >= 15 is 0 Å². The summed E-state index contributed by atoms with van der Waals surface area (Å²) in [4.78, 5) is 19.7. The molecule has 0 bridgehead atoms. The molecule has 3 N–H and O–H groups in total. The Hall–Kier alpha value is -2.37. The Morgan fingerprint density at radius 2 is 1.95 bits per heavy atom. The molecular formula is C15H9Cl2N3O2. The molecule has 0 aliphatic carbocycles. The summed E-state index contributed by atoms with van der Waals surface area (Å²) >= 11 is 12.3. The predicted octanol–water partition coefficient (Wildman–Crippen LogP) is 3.88. The Morgan fingerprint density at radius 1 is 1.18 bits per heavy atom. The van der Waals surface area contributed by atoms with Gasteiger partial charge in [0.2, 0.25) is 0 Å². The van der Waals surface area contributed by atoms with E-state index in [2.05, 4.69) is 9.97 Å². The normalized spacial score (nSPS) is 10.8. The Balaban J connectivity index is 2.22. The average molecular weight is 334 g/mol. The molecule has 0 aliphatic heterocycles. The summed E-state index contributed by atoms with van der Waals surface area (Å²) in [5.74, 6) is -0.817. The first-order valence-electron chi connectivity index (χ1n) is 6.22. The molecule has 0 saturated carbocycles. The van der Waals surface area contributed by atoms with E-state index in [9.17, 15) is 4.79 Å². The van der Waals surface area contributed by atoms with Gasteiger partial charge in [0.15, 0.2) is 5.82 Å². The second-order valence-electron chi connectivity index (χ2n) is 4.56. The molecule has 110 valence electrons. The van der Waals surface area contributed by atoms with Crippen molar-refractivity contribution in [1.82, 2.24) is 9.97 Å². The number of hydrogen-bond acceptors (Lipinski definition) is 4. The zero-order valence-electron chi connectivity index (χ0n) is 11.0. The van der Waals surface area contributed by atoms with Crippen molar-refractivity contribution in [3.05, 3.63) is 52.1 Å². The monoisotopic (exact) mass is 333 g/mol. The van der Waals surface area contributed by atoms with Gasteiger partial charge in [0.25, 0.3) is 0 Å². The molecule has 0 amide bonds. The summed E-state index contributed by atoms with van der Waals surface area (Å²) in [7, 11) is 0. The first-order valence-corrected chi connectivity index (χ1v) is 6.97. The molecule has 0 radical (unpaired) electrons. The molecule has 0 saturated heterocycles. The summed E-state index contributed by atoms with van der Waals surface area (Å²) in [5, 5.41) is 10.4. The topological polar surface area (TPSA) is 89.1 Å². The van der Waals surface area contributed by atoms with Crippen molar-refractivity contribution in [2.75, 3.05) is 5.73 Å². The number of nitrogens with two attached hydrogens (primary N) is 1. The van der Waals surface area contributed by atoms with Gasteiger partial charge in [-0.3, -0.25) is 0 Å². The molecular weight excluding hydrogens is 325 g/mol. The van der Waals surface area contributed by atoms with E-state index in [4.69, 9.17) is 34.0 Å². The maximum absolute atomic E-state index is 11.1. The fourth-order valence-corrected chi connectivity index (χ4v) is 2.57. The third-order valence-corrected chi connectivity index (χ3v) is 3.92. The number of carbonyl (C=O) groups is 1. The average Bonchev–Trinajstić information content (AvgIpc) is 2.50. The number of para-hydroxylation sites is 1. The Kier molecular flexibility index (Phi) is 3.60. The molecule has 1 aromatic heterocycles. The van der Waals surface area contributed by atoms with Crippen LogP contribution in [0, 0.1) is 0 Å². The number of nitrogen functional groups attached to an aromatic ring is 1. The lowest BCUT2D eigenvalue weighted by Crippen LogP contribution is -2.04. The number of halogens is 2. The van der Waals surface area contributed by atoms with E-state index in [0.29, 0.717) is 21.9 Å². The zero-order valence-corrected chi connectivity index (χ0v) is 12.6. The largest absolute Gasteiger partial charge is 0.478 e. The van der Waals surface area contributed by atoms with Crippen LogP contribution >= 0.6 is 23.2 Å². The Bertz CT molecular complexity index is 913. The minimum atomic E-state index is -1.14. The Morgan fingerprint density at radius 3 is 2.68 bits per heavy atom. The number of fused-ring (bicyclic) bond motifs is 1. The number of anilines is 1. The van der Waals surface area contributed by atoms with Gasteiger partial charge in [-0.15, -0.1) is 0 Å². The predicted molar refractivity (Wildman–Crippen MR) is 86.4 cm³/mol. The molecule has 0 fully saturated rings. The highest BCUT2D eigenvalue weighted by molar-refractivity contribution is 6.36. The molecule has 0 atom stereocenters. The molecule has 1 heterocycles. The van der Waals surface area contributed by atoms with Gasteiger partial charge >= 0.3 is 5.97 Å². The number of rotatable bonds is 2. The molecule has 5 nitrogen and oxygen atoms in total. The van der Waals surface area contributed by atoms with Crippen LogP contribution in [0.4, 0.5) is 5.69 Å². The maximum Gasteiger partial charge on any atom is 0.337 e. The highest BCUT2D eigenvalue weighted by Gasteiger charge is 2.17. The third-order valence-electron chi connectivity index (χ3n) is 3.21. The summed E-state index contributed by atoms with van der Waals surface area (Å²) in [6.07, 6.45) is 1.63. The summed E-state index contributed by atoms with van der Waals surface area (Å²) < 4.78 is 0. The van der Waals surface area contributed by atoms with Gasteiger partial charge in [0.1, 0.15) is 0 Å². The van der Waals surface area contributed by atoms with Crippen molar-refractivity contribution < 1.29 is 9.90 Å². The number of nitrogens with zero attached hydrogens (tertiary/aromatic N) is 2. The van der Waals surface area contributed by atoms with Crippen molar-refractivity contribution in [1.29, 1.82) is 0 Å². The van der Waals surface area contributed by atoms with E-state index in [1.54, 1.807) is 18.3 Å². The molecule has 0 spiro atoms. The smallest absolute Gasteiger partial charge is 0.337 e. The second-order valence-corrected chi connectivity index (χ2v) is 5.35. The van der Waals surface area contributed by atoms with Crippen LogP contribution in [0.25, 0.3) is 22.3 Å². The Labute approximate surface area is 135 Å². The molecule has 7 heteroatoms. The fourth-order valence-electron chi connectivity index (χ4n) is 2.10. The highest BCUT2D eigenvalue weighted by Crippen LogP contribution is 2.34. The van der Waals surface area contributed by atoms with Crippen LogP contribution in [-0.2, 0) is 0 Å². The van der Waals surface area contributed by atoms with Crippen molar-refractivity contribution in [3.63, 3.8) is 0 Å². The quantitative estimate of drug-likeness (QED) is 0.694. The first kappa shape index (κ1) is 14.6. The number of aromatic nitrogens is 2. The van der Waals surface area contributed by atoms with E-state index in [1.807, 2.05) is 6.07 Å². The summed E-state index contributed by atoms with van der Waals surface area (Å²) in [5.41, 5.74) is 6.73. The van der Waals surface area contributed by atoms with Crippen LogP contribution in [0.1, 0.15) is 10.4 Å². The van der Waals surface area contributed by atoms with Crippen molar-refractivity contribution in [3.8, 4) is 11.4 Å². The second kappa shape index (κ2) is 5.44. The van der Waals surface area contributed by atoms with E-state index in [1.165, 1.54) is 12.1 Å². The van der Waals surface area contributed by atoms with Crippen molar-refractivity contribution in [2.24, 2.45) is 0 Å².